The van der Waals surface area contributed by atoms with Crippen molar-refractivity contribution in [2.75, 3.05) is 13.2 Å². The SMILES string of the molecule is CC1=NN(CCOc2ccc3ccccc3c2)C(=O)C1. The molecule has 0 N–H and O–H groups in total. The monoisotopic (exact) mass is 268 g/mol. The van der Waals surface area contributed by atoms with Crippen molar-refractivity contribution in [3.05, 3.63) is 42.5 Å². The topological polar surface area (TPSA) is 41.9 Å². The highest BCUT2D eigenvalue weighted by Gasteiger charge is 2.20. The fraction of sp³-hybridized carbons (Fsp3) is 0.250. The van der Waals surface area contributed by atoms with Gasteiger partial charge in [0.2, 0.25) is 5.91 Å². The smallest absolute Gasteiger partial charge is 0.248 e. The lowest BCUT2D eigenvalue weighted by molar-refractivity contribution is -0.129. The molecule has 4 nitrogen and oxygen atoms in total. The molecule has 3 rings (SSSR count). The average molecular weight is 268 g/mol. The van der Waals surface area contributed by atoms with Gasteiger partial charge < -0.3 is 4.74 Å². The first-order chi connectivity index (χ1) is 9.72. The molecule has 0 saturated carbocycles. The molecule has 0 saturated heterocycles. The molecular weight excluding hydrogens is 252 g/mol. The van der Waals surface area contributed by atoms with E-state index in [2.05, 4.69) is 17.2 Å². The molecule has 2 aromatic carbocycles. The van der Waals surface area contributed by atoms with Crippen molar-refractivity contribution in [2.45, 2.75) is 13.3 Å². The van der Waals surface area contributed by atoms with Gasteiger partial charge in [-0.05, 0) is 29.8 Å². The van der Waals surface area contributed by atoms with Gasteiger partial charge in [-0.3, -0.25) is 4.79 Å². The highest BCUT2D eigenvalue weighted by molar-refractivity contribution is 6.03. The van der Waals surface area contributed by atoms with E-state index in [0.29, 0.717) is 19.6 Å². The summed E-state index contributed by atoms with van der Waals surface area (Å²) in [7, 11) is 0. The first kappa shape index (κ1) is 12.7. The van der Waals surface area contributed by atoms with Gasteiger partial charge in [0, 0.05) is 5.71 Å². The van der Waals surface area contributed by atoms with Crippen molar-refractivity contribution >= 4 is 22.4 Å². The summed E-state index contributed by atoms with van der Waals surface area (Å²) in [6.07, 6.45) is 0.427. The maximum absolute atomic E-state index is 11.6. The molecular formula is C16H16N2O2. The van der Waals surface area contributed by atoms with Crippen molar-refractivity contribution in [3.63, 3.8) is 0 Å². The first-order valence-electron chi connectivity index (χ1n) is 6.68. The summed E-state index contributed by atoms with van der Waals surface area (Å²) in [6.45, 7) is 2.80. The second kappa shape index (κ2) is 5.33. The molecule has 0 spiro atoms. The van der Waals surface area contributed by atoms with Crippen LogP contribution < -0.4 is 4.74 Å². The molecule has 0 fully saturated rings. The first-order valence-corrected chi connectivity index (χ1v) is 6.68. The van der Waals surface area contributed by atoms with E-state index in [1.807, 2.05) is 37.3 Å². The number of hydrazone groups is 1. The van der Waals surface area contributed by atoms with E-state index in [4.69, 9.17) is 4.74 Å². The number of ether oxygens (including phenoxy) is 1. The molecule has 0 aromatic heterocycles. The van der Waals surface area contributed by atoms with E-state index in [1.54, 1.807) is 0 Å². The second-order valence-corrected chi connectivity index (χ2v) is 4.89. The Morgan fingerprint density at radius 3 is 2.75 bits per heavy atom. The van der Waals surface area contributed by atoms with Gasteiger partial charge in [0.1, 0.15) is 12.4 Å². The number of fused-ring (bicyclic) bond motifs is 1. The van der Waals surface area contributed by atoms with Crippen LogP contribution in [0.1, 0.15) is 13.3 Å². The average Bonchev–Trinajstić information content (AvgIpc) is 2.77. The number of carbonyl (C=O) groups is 1. The zero-order valence-electron chi connectivity index (χ0n) is 11.4. The minimum absolute atomic E-state index is 0.0459. The van der Waals surface area contributed by atoms with Crippen molar-refractivity contribution in [3.8, 4) is 5.75 Å². The zero-order valence-corrected chi connectivity index (χ0v) is 11.4. The number of benzene rings is 2. The van der Waals surface area contributed by atoms with E-state index in [-0.39, 0.29) is 5.91 Å². The molecule has 1 aliphatic rings. The summed E-state index contributed by atoms with van der Waals surface area (Å²) in [5.41, 5.74) is 0.862. The Morgan fingerprint density at radius 1 is 1.20 bits per heavy atom. The van der Waals surface area contributed by atoms with E-state index in [0.717, 1.165) is 16.8 Å². The molecule has 1 heterocycles. The van der Waals surface area contributed by atoms with E-state index < -0.39 is 0 Å². The molecule has 4 heteroatoms. The normalized spacial score (nSPS) is 14.8. The van der Waals surface area contributed by atoms with Crippen LogP contribution in [0.5, 0.6) is 5.75 Å². The summed E-state index contributed by atoms with van der Waals surface area (Å²) < 4.78 is 5.70. The van der Waals surface area contributed by atoms with Crippen LogP contribution in [0.15, 0.2) is 47.6 Å². The van der Waals surface area contributed by atoms with E-state index in [1.165, 1.54) is 10.4 Å². The van der Waals surface area contributed by atoms with E-state index in [9.17, 15) is 4.79 Å². The van der Waals surface area contributed by atoms with Gasteiger partial charge >= 0.3 is 0 Å². The molecule has 102 valence electrons. The van der Waals surface area contributed by atoms with Gasteiger partial charge in [-0.2, -0.15) is 5.10 Å². The Morgan fingerprint density at radius 2 is 2.00 bits per heavy atom. The predicted octanol–water partition coefficient (Wildman–Crippen LogP) is 2.83. The third kappa shape index (κ3) is 2.64. The van der Waals surface area contributed by atoms with Crippen LogP contribution in [0.2, 0.25) is 0 Å². The molecule has 1 aliphatic heterocycles. The van der Waals surface area contributed by atoms with Crippen molar-refractivity contribution in [1.29, 1.82) is 0 Å². The number of carbonyl (C=O) groups excluding carboxylic acids is 1. The van der Waals surface area contributed by atoms with Gasteiger partial charge in [-0.25, -0.2) is 5.01 Å². The quantitative estimate of drug-likeness (QED) is 0.855. The van der Waals surface area contributed by atoms with Crippen LogP contribution >= 0.6 is 0 Å². The van der Waals surface area contributed by atoms with Gasteiger partial charge in [-0.15, -0.1) is 0 Å². The minimum Gasteiger partial charge on any atom is -0.492 e. The van der Waals surface area contributed by atoms with E-state index >= 15 is 0 Å². The maximum atomic E-state index is 11.6. The zero-order chi connectivity index (χ0) is 13.9. The second-order valence-electron chi connectivity index (χ2n) is 4.89. The number of hydrogen-bond acceptors (Lipinski definition) is 3. The fourth-order valence-electron chi connectivity index (χ4n) is 2.29. The molecule has 0 aliphatic carbocycles. The Labute approximate surface area is 117 Å². The molecule has 0 unspecified atom stereocenters. The lowest BCUT2D eigenvalue weighted by Gasteiger charge is -2.12. The molecule has 2 aromatic rings. The van der Waals surface area contributed by atoms with Crippen LogP contribution in [-0.2, 0) is 4.79 Å². The number of rotatable bonds is 4. The van der Waals surface area contributed by atoms with Gasteiger partial charge in [0.05, 0.1) is 13.0 Å². The summed E-state index contributed by atoms with van der Waals surface area (Å²) in [6, 6.07) is 14.1. The van der Waals surface area contributed by atoms with Gasteiger partial charge in [-0.1, -0.05) is 30.3 Å². The standard InChI is InChI=1S/C16H16N2O2/c1-12-10-16(19)18(17-12)8-9-20-15-7-6-13-4-2-3-5-14(13)11-15/h2-7,11H,8-10H2,1H3. The molecule has 20 heavy (non-hydrogen) atoms. The molecule has 1 amide bonds. The summed E-state index contributed by atoms with van der Waals surface area (Å²) in [4.78, 5) is 11.6. The predicted molar refractivity (Wildman–Crippen MR) is 78.9 cm³/mol. The molecule has 0 bridgehead atoms. The largest absolute Gasteiger partial charge is 0.492 e. The minimum atomic E-state index is 0.0459. The highest BCUT2D eigenvalue weighted by atomic mass is 16.5. The lowest BCUT2D eigenvalue weighted by atomic mass is 10.1. The summed E-state index contributed by atoms with van der Waals surface area (Å²) in [5.74, 6) is 0.862. The van der Waals surface area contributed by atoms with Crippen LogP contribution in [0.4, 0.5) is 0 Å². The van der Waals surface area contributed by atoms with Crippen molar-refractivity contribution in [1.82, 2.24) is 5.01 Å². The van der Waals surface area contributed by atoms with Crippen LogP contribution in [0.3, 0.4) is 0 Å². The van der Waals surface area contributed by atoms with Crippen LogP contribution in [0.25, 0.3) is 10.8 Å². The van der Waals surface area contributed by atoms with Crippen molar-refractivity contribution < 1.29 is 9.53 Å². The Balaban J connectivity index is 1.61. The van der Waals surface area contributed by atoms with Gasteiger partial charge in [0.15, 0.2) is 0 Å². The Kier molecular flexibility index (Phi) is 3.37. The third-order valence-electron chi connectivity index (χ3n) is 3.28. The molecule has 0 atom stereocenters. The Hall–Kier alpha value is -2.36. The van der Waals surface area contributed by atoms with Gasteiger partial charge in [0.25, 0.3) is 0 Å². The number of hydrogen-bond donors (Lipinski definition) is 0. The molecule has 0 radical (unpaired) electrons. The highest BCUT2D eigenvalue weighted by Crippen LogP contribution is 2.20. The van der Waals surface area contributed by atoms with Crippen molar-refractivity contribution in [2.24, 2.45) is 5.10 Å². The van der Waals surface area contributed by atoms with Crippen LogP contribution in [0, 0.1) is 0 Å². The summed E-state index contributed by atoms with van der Waals surface area (Å²) in [5, 5.41) is 7.99. The third-order valence-corrected chi connectivity index (χ3v) is 3.28. The summed E-state index contributed by atoms with van der Waals surface area (Å²) >= 11 is 0. The number of amides is 1. The maximum Gasteiger partial charge on any atom is 0.248 e. The fourth-order valence-corrected chi connectivity index (χ4v) is 2.29. The number of nitrogens with zero attached hydrogens (tertiary/aromatic N) is 2. The van der Waals surface area contributed by atoms with Crippen LogP contribution in [-0.4, -0.2) is 29.8 Å². The Bertz CT molecular complexity index is 679. The lowest BCUT2D eigenvalue weighted by Crippen LogP contribution is -2.26.